The average molecular weight is 198 g/mol. The number of hydrogen-bond donors (Lipinski definition) is 2. The fraction of sp³-hybridized carbons (Fsp3) is 0.333. The first kappa shape index (κ1) is 10.6. The third-order valence-corrected chi connectivity index (χ3v) is 1.61. The van der Waals surface area contributed by atoms with Crippen LogP contribution in [0.2, 0.25) is 0 Å². The van der Waals surface area contributed by atoms with Gasteiger partial charge in [-0.25, -0.2) is 9.37 Å². The van der Waals surface area contributed by atoms with E-state index in [4.69, 9.17) is 5.11 Å². The smallest absolute Gasteiger partial charge is 0.270 e. The largest absolute Gasteiger partial charge is 0.394 e. The number of nitrogens with zero attached hydrogens (tertiary/aromatic N) is 1. The normalized spacial score (nSPS) is 12.2. The van der Waals surface area contributed by atoms with Crippen molar-refractivity contribution in [1.29, 1.82) is 0 Å². The van der Waals surface area contributed by atoms with E-state index >= 15 is 0 Å². The number of carbonyl (C=O) groups excluding carboxylic acids is 1. The van der Waals surface area contributed by atoms with Gasteiger partial charge in [-0.2, -0.15) is 0 Å². The highest BCUT2D eigenvalue weighted by Crippen LogP contribution is 1.98. The van der Waals surface area contributed by atoms with E-state index in [2.05, 4.69) is 10.3 Å². The molecule has 0 aromatic carbocycles. The summed E-state index contributed by atoms with van der Waals surface area (Å²) in [6, 6.07) is 2.11. The molecule has 14 heavy (non-hydrogen) atoms. The molecule has 1 amide bonds. The van der Waals surface area contributed by atoms with Crippen molar-refractivity contribution in [3.63, 3.8) is 0 Å². The molecular formula is C9H11FN2O2. The van der Waals surface area contributed by atoms with E-state index in [-0.39, 0.29) is 18.3 Å². The molecule has 76 valence electrons. The van der Waals surface area contributed by atoms with Crippen LogP contribution in [-0.4, -0.2) is 28.6 Å². The van der Waals surface area contributed by atoms with Crippen molar-refractivity contribution in [2.24, 2.45) is 0 Å². The molecule has 1 aromatic rings. The van der Waals surface area contributed by atoms with Crippen molar-refractivity contribution in [1.82, 2.24) is 10.3 Å². The maximum atomic E-state index is 12.4. The maximum absolute atomic E-state index is 12.4. The van der Waals surface area contributed by atoms with E-state index in [1.54, 1.807) is 6.92 Å². The number of hydrogen-bond acceptors (Lipinski definition) is 3. The van der Waals surface area contributed by atoms with E-state index in [0.717, 1.165) is 12.3 Å². The Morgan fingerprint density at radius 2 is 2.43 bits per heavy atom. The summed E-state index contributed by atoms with van der Waals surface area (Å²) in [5, 5.41) is 11.2. The van der Waals surface area contributed by atoms with Crippen molar-refractivity contribution in [3.05, 3.63) is 29.8 Å². The molecule has 0 unspecified atom stereocenters. The number of amides is 1. The second-order valence-corrected chi connectivity index (χ2v) is 2.92. The summed E-state index contributed by atoms with van der Waals surface area (Å²) in [6.07, 6.45) is 0.971. The van der Waals surface area contributed by atoms with Gasteiger partial charge in [0.2, 0.25) is 0 Å². The summed E-state index contributed by atoms with van der Waals surface area (Å²) < 4.78 is 12.4. The first-order chi connectivity index (χ1) is 6.63. The Morgan fingerprint density at radius 1 is 1.71 bits per heavy atom. The quantitative estimate of drug-likeness (QED) is 0.735. The van der Waals surface area contributed by atoms with Crippen LogP contribution in [0.3, 0.4) is 0 Å². The SMILES string of the molecule is C[C@H](CO)NC(=O)c1ccc(F)cn1. The minimum atomic E-state index is -0.489. The van der Waals surface area contributed by atoms with E-state index in [0.29, 0.717) is 0 Å². The van der Waals surface area contributed by atoms with Crippen LogP contribution in [0.4, 0.5) is 4.39 Å². The van der Waals surface area contributed by atoms with Gasteiger partial charge < -0.3 is 10.4 Å². The summed E-state index contributed by atoms with van der Waals surface area (Å²) >= 11 is 0. The number of rotatable bonds is 3. The Balaban J connectivity index is 2.65. The van der Waals surface area contributed by atoms with Crippen LogP contribution < -0.4 is 5.32 Å². The highest BCUT2D eigenvalue weighted by atomic mass is 19.1. The Hall–Kier alpha value is -1.49. The topological polar surface area (TPSA) is 62.2 Å². The predicted octanol–water partition coefficient (Wildman–Crippen LogP) is 0.331. The van der Waals surface area contributed by atoms with E-state index in [1.165, 1.54) is 6.07 Å². The summed E-state index contributed by atoms with van der Waals surface area (Å²) in [7, 11) is 0. The van der Waals surface area contributed by atoms with Gasteiger partial charge in [0.15, 0.2) is 0 Å². The van der Waals surface area contributed by atoms with Crippen LogP contribution in [0.15, 0.2) is 18.3 Å². The first-order valence-corrected chi connectivity index (χ1v) is 4.16. The molecule has 0 aliphatic heterocycles. The Bertz CT molecular complexity index is 313. The summed E-state index contributed by atoms with van der Waals surface area (Å²) in [6.45, 7) is 1.51. The third-order valence-electron chi connectivity index (χ3n) is 1.61. The highest BCUT2D eigenvalue weighted by Gasteiger charge is 2.09. The number of nitrogens with one attached hydrogen (secondary N) is 1. The second-order valence-electron chi connectivity index (χ2n) is 2.92. The zero-order valence-corrected chi connectivity index (χ0v) is 7.70. The van der Waals surface area contributed by atoms with Gasteiger partial charge in [0.1, 0.15) is 11.5 Å². The summed E-state index contributed by atoms with van der Waals surface area (Å²) in [4.78, 5) is 14.9. The monoisotopic (exact) mass is 198 g/mol. The minimum absolute atomic E-state index is 0.131. The van der Waals surface area contributed by atoms with Crippen molar-refractivity contribution < 1.29 is 14.3 Å². The lowest BCUT2D eigenvalue weighted by Gasteiger charge is -2.09. The van der Waals surface area contributed by atoms with Gasteiger partial charge in [-0.1, -0.05) is 0 Å². The molecule has 1 heterocycles. The molecule has 0 fully saturated rings. The molecule has 1 aromatic heterocycles. The number of aliphatic hydroxyl groups excluding tert-OH is 1. The van der Waals surface area contributed by atoms with Crippen LogP contribution in [0.1, 0.15) is 17.4 Å². The number of pyridine rings is 1. The number of halogens is 1. The van der Waals surface area contributed by atoms with Crippen molar-refractivity contribution in [3.8, 4) is 0 Å². The fourth-order valence-electron chi connectivity index (χ4n) is 0.854. The molecule has 2 N–H and O–H groups in total. The number of aromatic nitrogens is 1. The van der Waals surface area contributed by atoms with E-state index in [9.17, 15) is 9.18 Å². The van der Waals surface area contributed by atoms with Crippen LogP contribution in [0, 0.1) is 5.82 Å². The number of aliphatic hydroxyl groups is 1. The summed E-state index contributed by atoms with van der Waals surface area (Å²) in [5.41, 5.74) is 0.131. The Kier molecular flexibility index (Phi) is 3.53. The van der Waals surface area contributed by atoms with Crippen LogP contribution in [0.25, 0.3) is 0 Å². The fourth-order valence-corrected chi connectivity index (χ4v) is 0.854. The molecule has 0 aliphatic rings. The lowest BCUT2D eigenvalue weighted by atomic mass is 10.3. The standard InChI is InChI=1S/C9H11FN2O2/c1-6(5-13)12-9(14)8-3-2-7(10)4-11-8/h2-4,6,13H,5H2,1H3,(H,12,14)/t6-/m1/s1. The maximum Gasteiger partial charge on any atom is 0.270 e. The molecular weight excluding hydrogens is 187 g/mol. The molecule has 0 saturated heterocycles. The molecule has 1 atom stereocenters. The van der Waals surface area contributed by atoms with Gasteiger partial charge in [-0.15, -0.1) is 0 Å². The molecule has 5 heteroatoms. The first-order valence-electron chi connectivity index (χ1n) is 4.16. The van der Waals surface area contributed by atoms with Crippen molar-refractivity contribution >= 4 is 5.91 Å². The Labute approximate surface area is 80.8 Å². The van der Waals surface area contributed by atoms with Crippen molar-refractivity contribution in [2.45, 2.75) is 13.0 Å². The molecule has 0 bridgehead atoms. The average Bonchev–Trinajstić information content (AvgIpc) is 2.18. The Morgan fingerprint density at radius 3 is 2.93 bits per heavy atom. The predicted molar refractivity (Wildman–Crippen MR) is 48.2 cm³/mol. The zero-order chi connectivity index (χ0) is 10.6. The molecule has 0 aliphatic carbocycles. The lowest BCUT2D eigenvalue weighted by Crippen LogP contribution is -2.35. The van der Waals surface area contributed by atoms with Gasteiger partial charge in [0.25, 0.3) is 5.91 Å². The van der Waals surface area contributed by atoms with Gasteiger partial charge in [0, 0.05) is 6.04 Å². The molecule has 1 rings (SSSR count). The van der Waals surface area contributed by atoms with Crippen LogP contribution in [0.5, 0.6) is 0 Å². The number of carbonyl (C=O) groups is 1. The van der Waals surface area contributed by atoms with Gasteiger partial charge >= 0.3 is 0 Å². The van der Waals surface area contributed by atoms with Crippen LogP contribution >= 0.6 is 0 Å². The summed E-state index contributed by atoms with van der Waals surface area (Å²) in [5.74, 6) is -0.914. The lowest BCUT2D eigenvalue weighted by molar-refractivity contribution is 0.0917. The molecule has 0 spiro atoms. The molecule has 4 nitrogen and oxygen atoms in total. The van der Waals surface area contributed by atoms with Crippen molar-refractivity contribution in [2.75, 3.05) is 6.61 Å². The zero-order valence-electron chi connectivity index (χ0n) is 7.70. The third kappa shape index (κ3) is 2.77. The minimum Gasteiger partial charge on any atom is -0.394 e. The van der Waals surface area contributed by atoms with E-state index < -0.39 is 11.7 Å². The highest BCUT2D eigenvalue weighted by molar-refractivity contribution is 5.92. The van der Waals surface area contributed by atoms with Gasteiger partial charge in [0.05, 0.1) is 12.8 Å². The van der Waals surface area contributed by atoms with Gasteiger partial charge in [-0.05, 0) is 19.1 Å². The van der Waals surface area contributed by atoms with Gasteiger partial charge in [-0.3, -0.25) is 4.79 Å². The molecule has 0 radical (unpaired) electrons. The van der Waals surface area contributed by atoms with Crippen LogP contribution in [-0.2, 0) is 0 Å². The van der Waals surface area contributed by atoms with E-state index in [1.807, 2.05) is 0 Å². The second kappa shape index (κ2) is 4.66. The molecule has 0 saturated carbocycles.